The summed E-state index contributed by atoms with van der Waals surface area (Å²) >= 11 is 0. The molecule has 10 heavy (non-hydrogen) atoms. The van der Waals surface area contributed by atoms with Gasteiger partial charge in [-0.1, -0.05) is 6.92 Å². The Balaban J connectivity index is 2.24. The highest BCUT2D eigenvalue weighted by atomic mass is 16.5. The molecule has 1 unspecified atom stereocenters. The first-order valence-corrected chi connectivity index (χ1v) is 3.77. The van der Waals surface area contributed by atoms with Crippen molar-refractivity contribution >= 4 is 5.78 Å². The van der Waals surface area contributed by atoms with Crippen molar-refractivity contribution in [3.05, 3.63) is 0 Å². The fraction of sp³-hybridized carbons (Fsp3) is 0.875. The summed E-state index contributed by atoms with van der Waals surface area (Å²) in [4.78, 5) is 11.1. The molecule has 2 heteroatoms. The first-order valence-electron chi connectivity index (χ1n) is 3.77. The van der Waals surface area contributed by atoms with Crippen molar-refractivity contribution in [2.24, 2.45) is 11.8 Å². The third-order valence-electron chi connectivity index (χ3n) is 2.12. The van der Waals surface area contributed by atoms with E-state index >= 15 is 0 Å². The van der Waals surface area contributed by atoms with E-state index in [-0.39, 0.29) is 18.3 Å². The Morgan fingerprint density at radius 3 is 2.70 bits per heavy atom. The van der Waals surface area contributed by atoms with E-state index in [2.05, 4.69) is 0 Å². The van der Waals surface area contributed by atoms with Crippen LogP contribution in [0.15, 0.2) is 0 Å². The molecule has 0 aromatic heterocycles. The lowest BCUT2D eigenvalue weighted by Gasteiger charge is -2.06. The van der Waals surface area contributed by atoms with Crippen LogP contribution in [0.25, 0.3) is 0 Å². The molecule has 0 aromatic rings. The van der Waals surface area contributed by atoms with Crippen molar-refractivity contribution in [2.45, 2.75) is 19.8 Å². The van der Waals surface area contributed by atoms with Gasteiger partial charge in [-0.3, -0.25) is 4.79 Å². The number of ether oxygens (including phenoxy) is 1. The molecule has 1 aliphatic rings. The highest BCUT2D eigenvalue weighted by molar-refractivity contribution is 5.82. The monoisotopic (exact) mass is 142 g/mol. The van der Waals surface area contributed by atoms with Gasteiger partial charge in [0.2, 0.25) is 0 Å². The molecule has 0 aromatic carbocycles. The highest BCUT2D eigenvalue weighted by Gasteiger charge is 2.31. The van der Waals surface area contributed by atoms with Gasteiger partial charge in [-0.2, -0.15) is 0 Å². The van der Waals surface area contributed by atoms with Crippen molar-refractivity contribution in [3.63, 3.8) is 0 Å². The molecule has 58 valence electrons. The molecule has 1 aliphatic carbocycles. The molecule has 0 aliphatic heterocycles. The van der Waals surface area contributed by atoms with Crippen molar-refractivity contribution < 1.29 is 9.53 Å². The molecule has 0 N–H and O–H groups in total. The number of hydrogen-bond donors (Lipinski definition) is 0. The van der Waals surface area contributed by atoms with Crippen LogP contribution < -0.4 is 0 Å². The van der Waals surface area contributed by atoms with Crippen LogP contribution in [-0.4, -0.2) is 19.5 Å². The molecule has 2 nitrogen and oxygen atoms in total. The molecule has 0 amide bonds. The van der Waals surface area contributed by atoms with E-state index in [0.717, 1.165) is 0 Å². The van der Waals surface area contributed by atoms with E-state index in [4.69, 9.17) is 4.74 Å². The lowest BCUT2D eigenvalue weighted by Crippen LogP contribution is -2.17. The zero-order chi connectivity index (χ0) is 7.56. The first kappa shape index (κ1) is 7.73. The largest absolute Gasteiger partial charge is 0.377 e. The Morgan fingerprint density at radius 2 is 2.30 bits per heavy atom. The van der Waals surface area contributed by atoms with Crippen LogP contribution in [0.2, 0.25) is 0 Å². The Kier molecular flexibility index (Phi) is 2.44. The van der Waals surface area contributed by atoms with E-state index in [9.17, 15) is 4.79 Å². The van der Waals surface area contributed by atoms with E-state index in [1.54, 1.807) is 7.11 Å². The fourth-order valence-corrected chi connectivity index (χ4v) is 1.13. The SMILES string of the molecule is COCC(=O)C(C)C1CC1. The second-order valence-electron chi connectivity index (χ2n) is 3.03. The summed E-state index contributed by atoms with van der Waals surface area (Å²) in [5, 5.41) is 0. The maximum Gasteiger partial charge on any atom is 0.161 e. The number of carbonyl (C=O) groups is 1. The van der Waals surface area contributed by atoms with Crippen molar-refractivity contribution in [1.29, 1.82) is 0 Å². The molecule has 1 atom stereocenters. The minimum atomic E-state index is 0.236. The van der Waals surface area contributed by atoms with Gasteiger partial charge in [-0.05, 0) is 18.8 Å². The molecule has 1 rings (SSSR count). The van der Waals surface area contributed by atoms with Crippen LogP contribution in [0.5, 0.6) is 0 Å². The maximum absolute atomic E-state index is 11.1. The molecular weight excluding hydrogens is 128 g/mol. The predicted molar refractivity (Wildman–Crippen MR) is 38.8 cm³/mol. The average Bonchev–Trinajstić information content (AvgIpc) is 2.68. The second-order valence-corrected chi connectivity index (χ2v) is 3.03. The van der Waals surface area contributed by atoms with Gasteiger partial charge in [0.05, 0.1) is 0 Å². The predicted octanol–water partition coefficient (Wildman–Crippen LogP) is 1.25. The van der Waals surface area contributed by atoms with Gasteiger partial charge in [0.25, 0.3) is 0 Å². The van der Waals surface area contributed by atoms with Crippen molar-refractivity contribution in [3.8, 4) is 0 Å². The van der Waals surface area contributed by atoms with Gasteiger partial charge in [0.1, 0.15) is 6.61 Å². The molecule has 0 spiro atoms. The fourth-order valence-electron chi connectivity index (χ4n) is 1.13. The minimum absolute atomic E-state index is 0.236. The molecular formula is C8H14O2. The van der Waals surface area contributed by atoms with Crippen LogP contribution in [0.4, 0.5) is 0 Å². The Bertz CT molecular complexity index is 127. The average molecular weight is 142 g/mol. The summed E-state index contributed by atoms with van der Waals surface area (Å²) in [6.07, 6.45) is 2.47. The Hall–Kier alpha value is -0.370. The summed E-state index contributed by atoms with van der Waals surface area (Å²) in [5.41, 5.74) is 0. The third-order valence-corrected chi connectivity index (χ3v) is 2.12. The van der Waals surface area contributed by atoms with E-state index in [1.165, 1.54) is 12.8 Å². The maximum atomic E-state index is 11.1. The minimum Gasteiger partial charge on any atom is -0.377 e. The Labute approximate surface area is 61.6 Å². The molecule has 0 bridgehead atoms. The quantitative estimate of drug-likeness (QED) is 0.590. The smallest absolute Gasteiger partial charge is 0.161 e. The molecule has 1 fully saturated rings. The number of hydrogen-bond acceptors (Lipinski definition) is 2. The number of ketones is 1. The van der Waals surface area contributed by atoms with E-state index in [0.29, 0.717) is 5.92 Å². The highest BCUT2D eigenvalue weighted by Crippen LogP contribution is 2.36. The van der Waals surface area contributed by atoms with Crippen molar-refractivity contribution in [1.82, 2.24) is 0 Å². The summed E-state index contributed by atoms with van der Waals surface area (Å²) in [6, 6.07) is 0. The number of methoxy groups -OCH3 is 1. The Morgan fingerprint density at radius 1 is 1.70 bits per heavy atom. The second kappa shape index (κ2) is 3.15. The van der Waals surface area contributed by atoms with Crippen LogP contribution in [-0.2, 0) is 9.53 Å². The lowest BCUT2D eigenvalue weighted by atomic mass is 10.0. The van der Waals surface area contributed by atoms with Crippen LogP contribution >= 0.6 is 0 Å². The van der Waals surface area contributed by atoms with Gasteiger partial charge >= 0.3 is 0 Å². The van der Waals surface area contributed by atoms with Gasteiger partial charge < -0.3 is 4.74 Å². The molecule has 0 heterocycles. The van der Waals surface area contributed by atoms with Gasteiger partial charge in [0.15, 0.2) is 5.78 Å². The van der Waals surface area contributed by atoms with Gasteiger partial charge in [-0.15, -0.1) is 0 Å². The van der Waals surface area contributed by atoms with E-state index < -0.39 is 0 Å². The standard InChI is InChI=1S/C8H14O2/c1-6(7-3-4-7)8(9)5-10-2/h6-7H,3-5H2,1-2H3. The van der Waals surface area contributed by atoms with Gasteiger partial charge in [0, 0.05) is 13.0 Å². The summed E-state index contributed by atoms with van der Waals surface area (Å²) < 4.78 is 4.75. The topological polar surface area (TPSA) is 26.3 Å². The summed E-state index contributed by atoms with van der Waals surface area (Å²) in [5.74, 6) is 1.16. The molecule has 0 saturated heterocycles. The van der Waals surface area contributed by atoms with Crippen LogP contribution in [0, 0.1) is 11.8 Å². The zero-order valence-corrected chi connectivity index (χ0v) is 6.59. The van der Waals surface area contributed by atoms with Crippen molar-refractivity contribution in [2.75, 3.05) is 13.7 Å². The lowest BCUT2D eigenvalue weighted by molar-refractivity contribution is -0.126. The van der Waals surface area contributed by atoms with Crippen LogP contribution in [0.1, 0.15) is 19.8 Å². The molecule has 1 saturated carbocycles. The number of carbonyl (C=O) groups excluding carboxylic acids is 1. The number of rotatable bonds is 4. The first-order chi connectivity index (χ1) is 4.75. The van der Waals surface area contributed by atoms with Crippen LogP contribution in [0.3, 0.4) is 0 Å². The third kappa shape index (κ3) is 1.81. The summed E-state index contributed by atoms with van der Waals surface area (Å²) in [7, 11) is 1.57. The number of Topliss-reactive ketones (excluding diaryl/α,β-unsaturated/α-hetero) is 1. The zero-order valence-electron chi connectivity index (χ0n) is 6.59. The molecule has 0 radical (unpaired) electrons. The van der Waals surface area contributed by atoms with Gasteiger partial charge in [-0.25, -0.2) is 0 Å². The normalized spacial score (nSPS) is 20.6. The summed E-state index contributed by atoms with van der Waals surface area (Å²) in [6.45, 7) is 2.29. The van der Waals surface area contributed by atoms with E-state index in [1.807, 2.05) is 6.92 Å².